The Morgan fingerprint density at radius 2 is 2.16 bits per heavy atom. The number of hydrogen-bond donors (Lipinski definition) is 0. The molecule has 0 aliphatic carbocycles. The van der Waals surface area contributed by atoms with Gasteiger partial charge in [-0.1, -0.05) is 6.07 Å². The lowest BCUT2D eigenvalue weighted by Gasteiger charge is -2.37. The molecule has 1 aromatic heterocycles. The first-order chi connectivity index (χ1) is 8.88. The molecule has 1 unspecified atom stereocenters. The van der Waals surface area contributed by atoms with Crippen LogP contribution in [0.1, 0.15) is 18.5 Å². The number of rotatable bonds is 3. The zero-order valence-electron chi connectivity index (χ0n) is 11.7. The zero-order chi connectivity index (χ0) is 14.0. The largest absolute Gasteiger partial charge is 0.355 e. The molecule has 0 aromatic carbocycles. The molecular weight excluding hydrogens is 262 g/mol. The maximum absolute atomic E-state index is 11.6. The van der Waals surface area contributed by atoms with E-state index in [1.54, 1.807) is 7.05 Å². The molecule has 1 fully saturated rings. The van der Waals surface area contributed by atoms with Crippen molar-refractivity contribution in [3.8, 4) is 0 Å². The number of aromatic nitrogens is 1. The smallest absolute Gasteiger partial charge is 0.211 e. The fraction of sp³-hybridized carbons (Fsp3) is 0.615. The van der Waals surface area contributed by atoms with E-state index >= 15 is 0 Å². The Balaban J connectivity index is 2.13. The number of likely N-dealkylation sites (N-methyl/N-ethyl adjacent to an activating group) is 1. The Labute approximate surface area is 115 Å². The summed E-state index contributed by atoms with van der Waals surface area (Å²) in [6.07, 6.45) is 3.16. The lowest BCUT2D eigenvalue weighted by molar-refractivity contribution is 0.321. The predicted octanol–water partition coefficient (Wildman–Crippen LogP) is 1.25. The molecule has 1 aromatic rings. The molecule has 2 rings (SSSR count). The molecule has 0 bridgehead atoms. The van der Waals surface area contributed by atoms with Crippen molar-refractivity contribution in [1.29, 1.82) is 0 Å². The Hall–Kier alpha value is -1.14. The monoisotopic (exact) mass is 283 g/mol. The molecule has 0 spiro atoms. The summed E-state index contributed by atoms with van der Waals surface area (Å²) in [4.78, 5) is 6.68. The van der Waals surface area contributed by atoms with Gasteiger partial charge >= 0.3 is 0 Å². The minimum atomic E-state index is -3.13. The quantitative estimate of drug-likeness (QED) is 0.838. The van der Waals surface area contributed by atoms with Gasteiger partial charge in [-0.3, -0.25) is 0 Å². The fourth-order valence-corrected chi connectivity index (χ4v) is 3.15. The van der Waals surface area contributed by atoms with Crippen LogP contribution in [0.3, 0.4) is 0 Å². The van der Waals surface area contributed by atoms with Crippen LogP contribution in [-0.4, -0.2) is 50.1 Å². The van der Waals surface area contributed by atoms with E-state index in [2.05, 4.69) is 9.88 Å². The average Bonchev–Trinajstić information content (AvgIpc) is 2.37. The zero-order valence-corrected chi connectivity index (χ0v) is 12.5. The fourth-order valence-electron chi connectivity index (χ4n) is 2.44. The number of pyridine rings is 1. The van der Waals surface area contributed by atoms with Crippen LogP contribution in [0.25, 0.3) is 0 Å². The summed E-state index contributed by atoms with van der Waals surface area (Å²) >= 11 is 0. The van der Waals surface area contributed by atoms with Gasteiger partial charge in [0.25, 0.3) is 0 Å². The van der Waals surface area contributed by atoms with Gasteiger partial charge in [0.2, 0.25) is 10.0 Å². The van der Waals surface area contributed by atoms with Crippen molar-refractivity contribution < 1.29 is 8.42 Å². The van der Waals surface area contributed by atoms with Crippen molar-refractivity contribution in [1.82, 2.24) is 9.29 Å². The molecule has 1 aliphatic rings. The van der Waals surface area contributed by atoms with Gasteiger partial charge < -0.3 is 4.90 Å². The van der Waals surface area contributed by atoms with Crippen molar-refractivity contribution in [2.75, 3.05) is 31.3 Å². The van der Waals surface area contributed by atoms with Gasteiger partial charge in [-0.05, 0) is 31.9 Å². The van der Waals surface area contributed by atoms with E-state index in [4.69, 9.17) is 0 Å². The molecule has 1 aliphatic heterocycles. The molecule has 5 nitrogen and oxygen atoms in total. The highest BCUT2D eigenvalue weighted by Crippen LogP contribution is 2.21. The SMILES string of the molecule is Cc1cccc(N2CCCC(N(C)S(C)(=O)=O)C2)n1. The van der Waals surface area contributed by atoms with Gasteiger partial charge in [0.05, 0.1) is 6.26 Å². The van der Waals surface area contributed by atoms with Crippen LogP contribution in [0.2, 0.25) is 0 Å². The van der Waals surface area contributed by atoms with Crippen molar-refractivity contribution in [2.45, 2.75) is 25.8 Å². The topological polar surface area (TPSA) is 53.5 Å². The summed E-state index contributed by atoms with van der Waals surface area (Å²) in [5, 5.41) is 0. The minimum absolute atomic E-state index is 0.0334. The maximum Gasteiger partial charge on any atom is 0.211 e. The first-order valence-corrected chi connectivity index (χ1v) is 8.34. The summed E-state index contributed by atoms with van der Waals surface area (Å²) in [7, 11) is -1.47. The first kappa shape index (κ1) is 14.3. The maximum atomic E-state index is 11.6. The average molecular weight is 283 g/mol. The van der Waals surface area contributed by atoms with Crippen LogP contribution in [0.4, 0.5) is 5.82 Å². The minimum Gasteiger partial charge on any atom is -0.355 e. The molecular formula is C13H21N3O2S. The Morgan fingerprint density at radius 1 is 1.42 bits per heavy atom. The highest BCUT2D eigenvalue weighted by molar-refractivity contribution is 7.88. The van der Waals surface area contributed by atoms with E-state index in [1.807, 2.05) is 25.1 Å². The number of sulfonamides is 1. The molecule has 6 heteroatoms. The normalized spacial score (nSPS) is 20.8. The molecule has 0 saturated carbocycles. The van der Waals surface area contributed by atoms with Crippen molar-refractivity contribution in [3.63, 3.8) is 0 Å². The van der Waals surface area contributed by atoms with Gasteiger partial charge in [0, 0.05) is 31.9 Å². The molecule has 1 saturated heterocycles. The predicted molar refractivity (Wildman–Crippen MR) is 76.8 cm³/mol. The van der Waals surface area contributed by atoms with Crippen LogP contribution in [-0.2, 0) is 10.0 Å². The standard InChI is InChI=1S/C13H21N3O2S/c1-11-6-4-8-13(14-11)16-9-5-7-12(10-16)15(2)19(3,17)18/h4,6,8,12H,5,7,9-10H2,1-3H3. The highest BCUT2D eigenvalue weighted by Gasteiger charge is 2.28. The third kappa shape index (κ3) is 3.45. The lowest BCUT2D eigenvalue weighted by atomic mass is 10.1. The molecule has 19 heavy (non-hydrogen) atoms. The van der Waals surface area contributed by atoms with E-state index in [0.717, 1.165) is 30.9 Å². The van der Waals surface area contributed by atoms with Crippen molar-refractivity contribution in [2.24, 2.45) is 0 Å². The van der Waals surface area contributed by atoms with Crippen LogP contribution in [0.15, 0.2) is 18.2 Å². The number of aryl methyl sites for hydroxylation is 1. The number of nitrogens with zero attached hydrogens (tertiary/aromatic N) is 3. The van der Waals surface area contributed by atoms with Crippen LogP contribution in [0.5, 0.6) is 0 Å². The molecule has 2 heterocycles. The second-order valence-corrected chi connectivity index (χ2v) is 7.20. The van der Waals surface area contributed by atoms with E-state index in [0.29, 0.717) is 6.54 Å². The van der Waals surface area contributed by atoms with E-state index in [9.17, 15) is 8.42 Å². The second kappa shape index (κ2) is 5.46. The summed E-state index contributed by atoms with van der Waals surface area (Å²) < 4.78 is 24.7. The molecule has 0 radical (unpaired) electrons. The molecule has 1 atom stereocenters. The number of anilines is 1. The van der Waals surface area contributed by atoms with Crippen LogP contribution < -0.4 is 4.90 Å². The molecule has 0 amide bonds. The van der Waals surface area contributed by atoms with Crippen molar-refractivity contribution in [3.05, 3.63) is 23.9 Å². The van der Waals surface area contributed by atoms with Gasteiger partial charge in [0.15, 0.2) is 0 Å². The Kier molecular flexibility index (Phi) is 4.10. The highest BCUT2D eigenvalue weighted by atomic mass is 32.2. The summed E-state index contributed by atoms with van der Waals surface area (Å²) in [5.74, 6) is 0.937. The van der Waals surface area contributed by atoms with Gasteiger partial charge in [-0.25, -0.2) is 17.7 Å². The third-order valence-electron chi connectivity index (χ3n) is 3.63. The van der Waals surface area contributed by atoms with Gasteiger partial charge in [-0.2, -0.15) is 0 Å². The van der Waals surface area contributed by atoms with Gasteiger partial charge in [0.1, 0.15) is 5.82 Å². The number of piperidine rings is 1. The van der Waals surface area contributed by atoms with E-state index < -0.39 is 10.0 Å². The number of hydrogen-bond acceptors (Lipinski definition) is 4. The summed E-state index contributed by atoms with van der Waals surface area (Å²) in [6.45, 7) is 3.61. The first-order valence-electron chi connectivity index (χ1n) is 6.49. The van der Waals surface area contributed by atoms with Crippen molar-refractivity contribution >= 4 is 15.8 Å². The van der Waals surface area contributed by atoms with Crippen LogP contribution >= 0.6 is 0 Å². The summed E-state index contributed by atoms with van der Waals surface area (Å²) in [6, 6.07) is 5.97. The Bertz CT molecular complexity index is 545. The summed E-state index contributed by atoms with van der Waals surface area (Å²) in [5.41, 5.74) is 0.982. The third-order valence-corrected chi connectivity index (χ3v) is 4.98. The van der Waals surface area contributed by atoms with Crippen LogP contribution in [0, 0.1) is 6.92 Å². The van der Waals surface area contributed by atoms with E-state index in [1.165, 1.54) is 10.6 Å². The Morgan fingerprint density at radius 3 is 2.79 bits per heavy atom. The molecule has 106 valence electrons. The molecule has 0 N–H and O–H groups in total. The second-order valence-electron chi connectivity index (χ2n) is 5.16. The van der Waals surface area contributed by atoms with Gasteiger partial charge in [-0.15, -0.1) is 0 Å². The lowest BCUT2D eigenvalue weighted by Crippen LogP contribution is -2.48. The van der Waals surface area contributed by atoms with E-state index in [-0.39, 0.29) is 6.04 Å².